The highest BCUT2D eigenvalue weighted by Crippen LogP contribution is 2.22. The molecule has 0 saturated heterocycles. The minimum Gasteiger partial charge on any atom is -0.478 e. The van der Waals surface area contributed by atoms with Gasteiger partial charge in [-0.1, -0.05) is 0 Å². The van der Waals surface area contributed by atoms with Gasteiger partial charge < -0.3 is 5.11 Å². The van der Waals surface area contributed by atoms with Crippen LogP contribution in [0.2, 0.25) is 0 Å². The van der Waals surface area contributed by atoms with Gasteiger partial charge in [0.25, 0.3) is 0 Å². The first-order chi connectivity index (χ1) is 9.75. The van der Waals surface area contributed by atoms with E-state index in [1.54, 1.807) is 43.0 Å². The summed E-state index contributed by atoms with van der Waals surface area (Å²) in [5, 5.41) is 13.6. The van der Waals surface area contributed by atoms with E-state index in [0.717, 1.165) is 0 Å². The molecular formula is C14H10N4O2. The van der Waals surface area contributed by atoms with Crippen LogP contribution in [0.3, 0.4) is 0 Å². The van der Waals surface area contributed by atoms with Gasteiger partial charge in [-0.2, -0.15) is 5.10 Å². The van der Waals surface area contributed by atoms with E-state index in [2.05, 4.69) is 15.1 Å². The molecule has 3 rings (SSSR count). The highest BCUT2D eigenvalue weighted by atomic mass is 16.4. The van der Waals surface area contributed by atoms with E-state index in [0.29, 0.717) is 16.9 Å². The summed E-state index contributed by atoms with van der Waals surface area (Å²) in [6.45, 7) is 0. The van der Waals surface area contributed by atoms with Crippen LogP contribution in [0.25, 0.3) is 16.9 Å². The summed E-state index contributed by atoms with van der Waals surface area (Å²) in [5.41, 5.74) is 1.96. The number of carboxylic acid groups (broad SMARTS) is 1. The lowest BCUT2D eigenvalue weighted by atomic mass is 10.1. The zero-order valence-electron chi connectivity index (χ0n) is 10.3. The highest BCUT2D eigenvalue weighted by Gasteiger charge is 2.17. The van der Waals surface area contributed by atoms with Gasteiger partial charge in [0.15, 0.2) is 0 Å². The Morgan fingerprint density at radius 1 is 1.10 bits per heavy atom. The number of carbonyl (C=O) groups is 1. The lowest BCUT2D eigenvalue weighted by Crippen LogP contribution is -1.96. The van der Waals surface area contributed by atoms with Crippen molar-refractivity contribution in [2.45, 2.75) is 0 Å². The standard InChI is InChI=1S/C14H10N4O2/c19-14(20)12-9-18(11-2-1-5-16-8-11)17-13(12)10-3-6-15-7-4-10/h1-9H,(H,19,20). The van der Waals surface area contributed by atoms with Crippen molar-refractivity contribution in [2.75, 3.05) is 0 Å². The third-order valence-corrected chi connectivity index (χ3v) is 2.81. The van der Waals surface area contributed by atoms with Gasteiger partial charge in [-0.15, -0.1) is 0 Å². The van der Waals surface area contributed by atoms with E-state index < -0.39 is 5.97 Å². The third kappa shape index (κ3) is 2.14. The molecule has 0 aromatic carbocycles. The van der Waals surface area contributed by atoms with Crippen molar-refractivity contribution in [1.29, 1.82) is 0 Å². The van der Waals surface area contributed by atoms with E-state index in [-0.39, 0.29) is 5.56 Å². The van der Waals surface area contributed by atoms with E-state index in [1.807, 2.05) is 6.07 Å². The lowest BCUT2D eigenvalue weighted by molar-refractivity contribution is 0.0697. The molecule has 0 amide bonds. The lowest BCUT2D eigenvalue weighted by Gasteiger charge is -1.99. The number of hydrogen-bond acceptors (Lipinski definition) is 4. The van der Waals surface area contributed by atoms with Gasteiger partial charge in [0, 0.05) is 30.4 Å². The average molecular weight is 266 g/mol. The number of carboxylic acids is 1. The van der Waals surface area contributed by atoms with E-state index in [4.69, 9.17) is 0 Å². The maximum absolute atomic E-state index is 11.4. The molecule has 0 bridgehead atoms. The maximum Gasteiger partial charge on any atom is 0.339 e. The van der Waals surface area contributed by atoms with Crippen molar-refractivity contribution in [3.8, 4) is 16.9 Å². The van der Waals surface area contributed by atoms with Crippen molar-refractivity contribution < 1.29 is 9.90 Å². The Hall–Kier alpha value is -3.02. The number of pyridine rings is 2. The quantitative estimate of drug-likeness (QED) is 0.784. The molecule has 0 unspecified atom stereocenters. The zero-order valence-corrected chi connectivity index (χ0v) is 10.3. The van der Waals surface area contributed by atoms with Gasteiger partial charge in [-0.05, 0) is 24.3 Å². The number of hydrogen-bond donors (Lipinski definition) is 1. The molecule has 6 heteroatoms. The van der Waals surface area contributed by atoms with Gasteiger partial charge in [0.2, 0.25) is 0 Å². The van der Waals surface area contributed by atoms with Crippen LogP contribution in [0.15, 0.2) is 55.2 Å². The second kappa shape index (κ2) is 4.93. The number of aromatic nitrogens is 4. The van der Waals surface area contributed by atoms with E-state index in [9.17, 15) is 9.90 Å². The monoisotopic (exact) mass is 266 g/mol. The van der Waals surface area contributed by atoms with Crippen molar-refractivity contribution >= 4 is 5.97 Å². The first kappa shape index (κ1) is 12.0. The van der Waals surface area contributed by atoms with Crippen LogP contribution >= 0.6 is 0 Å². The molecule has 20 heavy (non-hydrogen) atoms. The summed E-state index contributed by atoms with van der Waals surface area (Å²) >= 11 is 0. The Morgan fingerprint density at radius 2 is 1.90 bits per heavy atom. The fraction of sp³-hybridized carbons (Fsp3) is 0. The summed E-state index contributed by atoms with van der Waals surface area (Å²) in [7, 11) is 0. The Balaban J connectivity index is 2.15. The molecule has 1 N–H and O–H groups in total. The van der Waals surface area contributed by atoms with E-state index >= 15 is 0 Å². The minimum atomic E-state index is -1.02. The Labute approximate surface area is 114 Å². The summed E-state index contributed by atoms with van der Waals surface area (Å²) in [5.74, 6) is -1.02. The Morgan fingerprint density at radius 3 is 2.55 bits per heavy atom. The SMILES string of the molecule is O=C(O)c1cn(-c2cccnc2)nc1-c1ccncc1. The van der Waals surface area contributed by atoms with Crippen LogP contribution in [0, 0.1) is 0 Å². The smallest absolute Gasteiger partial charge is 0.339 e. The van der Waals surface area contributed by atoms with Gasteiger partial charge in [-0.25, -0.2) is 9.48 Å². The Kier molecular flexibility index (Phi) is 2.96. The van der Waals surface area contributed by atoms with Crippen LogP contribution in [-0.2, 0) is 0 Å². The maximum atomic E-state index is 11.4. The second-order valence-electron chi connectivity index (χ2n) is 4.09. The average Bonchev–Trinajstić information content (AvgIpc) is 2.94. The fourth-order valence-corrected chi connectivity index (χ4v) is 1.87. The molecule has 3 heterocycles. The molecule has 0 radical (unpaired) electrons. The minimum absolute atomic E-state index is 0.139. The molecule has 3 aromatic heterocycles. The fourth-order valence-electron chi connectivity index (χ4n) is 1.87. The number of aromatic carboxylic acids is 1. The third-order valence-electron chi connectivity index (χ3n) is 2.81. The largest absolute Gasteiger partial charge is 0.478 e. The van der Waals surface area contributed by atoms with Gasteiger partial charge >= 0.3 is 5.97 Å². The molecule has 0 aliphatic heterocycles. The van der Waals surface area contributed by atoms with Crippen LogP contribution in [0.4, 0.5) is 0 Å². The molecule has 0 aliphatic carbocycles. The molecular weight excluding hydrogens is 256 g/mol. The molecule has 3 aromatic rings. The van der Waals surface area contributed by atoms with E-state index in [1.165, 1.54) is 10.9 Å². The first-order valence-electron chi connectivity index (χ1n) is 5.89. The molecule has 6 nitrogen and oxygen atoms in total. The summed E-state index contributed by atoms with van der Waals surface area (Å²) in [6, 6.07) is 7.02. The van der Waals surface area contributed by atoms with Crippen LogP contribution in [0.5, 0.6) is 0 Å². The summed E-state index contributed by atoms with van der Waals surface area (Å²) in [4.78, 5) is 19.3. The zero-order chi connectivity index (χ0) is 13.9. The van der Waals surface area contributed by atoms with Crippen LogP contribution in [0.1, 0.15) is 10.4 Å². The normalized spacial score (nSPS) is 10.4. The molecule has 0 saturated carbocycles. The summed E-state index contributed by atoms with van der Waals surface area (Å²) < 4.78 is 1.51. The number of nitrogens with zero attached hydrogens (tertiary/aromatic N) is 4. The molecule has 98 valence electrons. The van der Waals surface area contributed by atoms with Crippen LogP contribution < -0.4 is 0 Å². The van der Waals surface area contributed by atoms with Gasteiger partial charge in [0.05, 0.1) is 11.9 Å². The van der Waals surface area contributed by atoms with Crippen molar-refractivity contribution in [1.82, 2.24) is 19.7 Å². The van der Waals surface area contributed by atoms with Gasteiger partial charge in [0.1, 0.15) is 11.3 Å². The molecule has 0 atom stereocenters. The molecule has 0 fully saturated rings. The highest BCUT2D eigenvalue weighted by molar-refractivity contribution is 5.94. The second-order valence-corrected chi connectivity index (χ2v) is 4.09. The molecule has 0 aliphatic rings. The topological polar surface area (TPSA) is 80.9 Å². The number of rotatable bonds is 3. The van der Waals surface area contributed by atoms with Crippen molar-refractivity contribution in [3.63, 3.8) is 0 Å². The molecule has 0 spiro atoms. The van der Waals surface area contributed by atoms with Gasteiger partial charge in [-0.3, -0.25) is 9.97 Å². The van der Waals surface area contributed by atoms with Crippen molar-refractivity contribution in [2.24, 2.45) is 0 Å². The predicted molar refractivity (Wildman–Crippen MR) is 71.5 cm³/mol. The first-order valence-corrected chi connectivity index (χ1v) is 5.89. The van der Waals surface area contributed by atoms with Crippen LogP contribution in [-0.4, -0.2) is 30.8 Å². The van der Waals surface area contributed by atoms with Crippen molar-refractivity contribution in [3.05, 3.63) is 60.8 Å². The Bertz CT molecular complexity index is 738. The predicted octanol–water partition coefficient (Wildman–Crippen LogP) is 2.03. The summed E-state index contributed by atoms with van der Waals surface area (Å²) in [6.07, 6.45) is 7.95.